The molecule has 0 aliphatic rings. The smallest absolute Gasteiger partial charge is 0.173 e. The number of halogens is 1. The second kappa shape index (κ2) is 6.09. The first kappa shape index (κ1) is 14.8. The summed E-state index contributed by atoms with van der Waals surface area (Å²) in [4.78, 5) is 0. The number of benzene rings is 1. The van der Waals surface area contributed by atoms with Gasteiger partial charge in [-0.15, -0.1) is 0 Å². The van der Waals surface area contributed by atoms with E-state index >= 15 is 0 Å². The first-order chi connectivity index (χ1) is 8.33. The van der Waals surface area contributed by atoms with Gasteiger partial charge in [0.1, 0.15) is 5.75 Å². The summed E-state index contributed by atoms with van der Waals surface area (Å²) in [5, 5.41) is 11.8. The summed E-state index contributed by atoms with van der Waals surface area (Å²) in [6, 6.07) is 5.43. The highest BCUT2D eigenvalue weighted by atomic mass is 79.9. The van der Waals surface area contributed by atoms with E-state index < -0.39 is 0 Å². The van der Waals surface area contributed by atoms with Crippen LogP contribution >= 0.6 is 15.9 Å². The highest BCUT2D eigenvalue weighted by Gasteiger charge is 2.13. The number of nitrogens with two attached hydrogens (primary N) is 1. The molecule has 0 atom stereocenters. The van der Waals surface area contributed by atoms with Crippen molar-refractivity contribution in [2.24, 2.45) is 16.3 Å². The van der Waals surface area contributed by atoms with Crippen LogP contribution in [0.15, 0.2) is 27.8 Å². The van der Waals surface area contributed by atoms with Gasteiger partial charge in [0.15, 0.2) is 5.84 Å². The van der Waals surface area contributed by atoms with Crippen molar-refractivity contribution in [3.63, 3.8) is 0 Å². The summed E-state index contributed by atoms with van der Waals surface area (Å²) in [7, 11) is 0. The number of nitrogens with zero attached hydrogens (tertiary/aromatic N) is 1. The minimum absolute atomic E-state index is 0.0436. The van der Waals surface area contributed by atoms with E-state index in [9.17, 15) is 0 Å². The van der Waals surface area contributed by atoms with E-state index in [4.69, 9.17) is 15.7 Å². The second-order valence-corrected chi connectivity index (χ2v) is 6.20. The molecule has 1 aromatic rings. The van der Waals surface area contributed by atoms with Gasteiger partial charge in [0.25, 0.3) is 0 Å². The van der Waals surface area contributed by atoms with Crippen molar-refractivity contribution in [2.45, 2.75) is 27.2 Å². The second-order valence-electron chi connectivity index (χ2n) is 5.28. The molecule has 0 heterocycles. The number of hydrogen-bond donors (Lipinski definition) is 2. The van der Waals surface area contributed by atoms with Gasteiger partial charge in [-0.2, -0.15) is 0 Å². The predicted octanol–water partition coefficient (Wildman–Crippen LogP) is 3.36. The van der Waals surface area contributed by atoms with E-state index in [1.54, 1.807) is 12.1 Å². The Balaban J connectivity index is 2.82. The zero-order chi connectivity index (χ0) is 13.8. The fourth-order valence-corrected chi connectivity index (χ4v) is 1.71. The standard InChI is InChI=1S/C13H19BrN2O2/c1-13(2,3)6-7-18-11-5-4-9(14)8-10(11)12(15)16-17/h4-5,8,17H,6-7H2,1-3H3,(H2,15,16). The lowest BCUT2D eigenvalue weighted by Crippen LogP contribution is -2.16. The molecule has 0 spiro atoms. The van der Waals surface area contributed by atoms with Crippen LogP contribution in [-0.2, 0) is 0 Å². The Bertz CT molecular complexity index is 439. The van der Waals surface area contributed by atoms with Crippen molar-refractivity contribution in [1.29, 1.82) is 0 Å². The fourth-order valence-electron chi connectivity index (χ4n) is 1.35. The summed E-state index contributed by atoms with van der Waals surface area (Å²) >= 11 is 3.35. The molecule has 1 rings (SSSR count). The molecular weight excluding hydrogens is 296 g/mol. The monoisotopic (exact) mass is 314 g/mol. The number of ether oxygens (including phenoxy) is 1. The number of amidine groups is 1. The third-order valence-corrected chi connectivity index (χ3v) is 2.93. The third kappa shape index (κ3) is 4.56. The Morgan fingerprint density at radius 2 is 2.11 bits per heavy atom. The largest absolute Gasteiger partial charge is 0.493 e. The minimum atomic E-state index is 0.0436. The first-order valence-electron chi connectivity index (χ1n) is 5.74. The average molecular weight is 315 g/mol. The Morgan fingerprint density at radius 1 is 1.44 bits per heavy atom. The highest BCUT2D eigenvalue weighted by Crippen LogP contribution is 2.25. The molecule has 4 nitrogen and oxygen atoms in total. The molecule has 0 amide bonds. The lowest BCUT2D eigenvalue weighted by molar-refractivity contribution is 0.242. The molecule has 0 unspecified atom stereocenters. The van der Waals surface area contributed by atoms with Crippen molar-refractivity contribution >= 4 is 21.8 Å². The maximum atomic E-state index is 8.75. The summed E-state index contributed by atoms with van der Waals surface area (Å²) in [5.74, 6) is 0.666. The Labute approximate surface area is 116 Å². The molecule has 0 saturated heterocycles. The van der Waals surface area contributed by atoms with E-state index in [1.165, 1.54) is 0 Å². The van der Waals surface area contributed by atoms with Gasteiger partial charge in [-0.25, -0.2) is 0 Å². The molecule has 1 aromatic carbocycles. The molecule has 18 heavy (non-hydrogen) atoms. The quantitative estimate of drug-likeness (QED) is 0.387. The van der Waals surface area contributed by atoms with Gasteiger partial charge in [0.05, 0.1) is 12.2 Å². The van der Waals surface area contributed by atoms with Crippen molar-refractivity contribution < 1.29 is 9.94 Å². The summed E-state index contributed by atoms with van der Waals surface area (Å²) < 4.78 is 6.55. The molecule has 0 radical (unpaired) electrons. The molecule has 5 heteroatoms. The summed E-state index contributed by atoms with van der Waals surface area (Å²) in [5.41, 5.74) is 6.42. The summed E-state index contributed by atoms with van der Waals surface area (Å²) in [6.07, 6.45) is 0.929. The van der Waals surface area contributed by atoms with E-state index in [0.717, 1.165) is 10.9 Å². The lowest BCUT2D eigenvalue weighted by Gasteiger charge is -2.19. The van der Waals surface area contributed by atoms with Crippen molar-refractivity contribution in [1.82, 2.24) is 0 Å². The third-order valence-electron chi connectivity index (χ3n) is 2.43. The Morgan fingerprint density at radius 3 is 2.67 bits per heavy atom. The van der Waals surface area contributed by atoms with Gasteiger partial charge in [-0.3, -0.25) is 0 Å². The van der Waals surface area contributed by atoms with Crippen LogP contribution in [-0.4, -0.2) is 17.6 Å². The molecule has 0 fully saturated rings. The van der Waals surface area contributed by atoms with Gasteiger partial charge in [-0.1, -0.05) is 41.9 Å². The van der Waals surface area contributed by atoms with Crippen molar-refractivity contribution in [3.05, 3.63) is 28.2 Å². The van der Waals surface area contributed by atoms with Crippen LogP contribution in [0.4, 0.5) is 0 Å². The van der Waals surface area contributed by atoms with Crippen LogP contribution in [0.25, 0.3) is 0 Å². The normalized spacial score (nSPS) is 12.6. The van der Waals surface area contributed by atoms with Crippen LogP contribution in [0, 0.1) is 5.41 Å². The molecule has 0 aromatic heterocycles. The maximum Gasteiger partial charge on any atom is 0.173 e. The predicted molar refractivity (Wildman–Crippen MR) is 76.2 cm³/mol. The highest BCUT2D eigenvalue weighted by molar-refractivity contribution is 9.10. The van der Waals surface area contributed by atoms with Gasteiger partial charge < -0.3 is 15.7 Å². The fraction of sp³-hybridized carbons (Fsp3) is 0.462. The number of hydrogen-bond acceptors (Lipinski definition) is 3. The number of oxime groups is 1. The van der Waals surface area contributed by atoms with Crippen LogP contribution < -0.4 is 10.5 Å². The van der Waals surface area contributed by atoms with E-state index in [-0.39, 0.29) is 11.3 Å². The van der Waals surface area contributed by atoms with Gasteiger partial charge in [-0.05, 0) is 30.0 Å². The van der Waals surface area contributed by atoms with Crippen molar-refractivity contribution in [3.8, 4) is 5.75 Å². The molecule has 100 valence electrons. The molecule has 3 N–H and O–H groups in total. The van der Waals surface area contributed by atoms with Crippen LogP contribution in [0.1, 0.15) is 32.8 Å². The Hall–Kier alpha value is -1.23. The van der Waals surface area contributed by atoms with E-state index in [1.807, 2.05) is 6.07 Å². The van der Waals surface area contributed by atoms with Gasteiger partial charge in [0.2, 0.25) is 0 Å². The average Bonchev–Trinajstić information content (AvgIpc) is 2.28. The zero-order valence-electron chi connectivity index (χ0n) is 10.9. The van der Waals surface area contributed by atoms with Crippen LogP contribution in [0.2, 0.25) is 0 Å². The topological polar surface area (TPSA) is 67.8 Å². The molecule has 0 aliphatic carbocycles. The molecule has 0 bridgehead atoms. The number of rotatable bonds is 4. The SMILES string of the molecule is CC(C)(C)CCOc1ccc(Br)cc1/C(N)=N/O. The van der Waals surface area contributed by atoms with Crippen LogP contribution in [0.5, 0.6) is 5.75 Å². The van der Waals surface area contributed by atoms with E-state index in [0.29, 0.717) is 17.9 Å². The molecule has 0 saturated carbocycles. The molecular formula is C13H19BrN2O2. The summed E-state index contributed by atoms with van der Waals surface area (Å²) in [6.45, 7) is 7.06. The lowest BCUT2D eigenvalue weighted by atomic mass is 9.93. The van der Waals surface area contributed by atoms with E-state index in [2.05, 4.69) is 41.9 Å². The van der Waals surface area contributed by atoms with Crippen molar-refractivity contribution in [2.75, 3.05) is 6.61 Å². The van der Waals surface area contributed by atoms with Gasteiger partial charge in [0, 0.05) is 4.47 Å². The Kier molecular flexibility index (Phi) is 5.02. The zero-order valence-corrected chi connectivity index (χ0v) is 12.5. The van der Waals surface area contributed by atoms with Gasteiger partial charge >= 0.3 is 0 Å². The molecule has 0 aliphatic heterocycles. The maximum absolute atomic E-state index is 8.75. The van der Waals surface area contributed by atoms with Crippen LogP contribution in [0.3, 0.4) is 0 Å². The first-order valence-corrected chi connectivity index (χ1v) is 6.53. The minimum Gasteiger partial charge on any atom is -0.493 e.